The Morgan fingerprint density at radius 2 is 2.05 bits per heavy atom. The average molecular weight is 268 g/mol. The first kappa shape index (κ1) is 13.5. The lowest BCUT2D eigenvalue weighted by Crippen LogP contribution is -2.09. The van der Waals surface area contributed by atoms with E-state index in [1.54, 1.807) is 12.1 Å². The minimum atomic E-state index is -0.875. The molecule has 0 bridgehead atoms. The molecule has 0 unspecified atom stereocenters. The maximum Gasteiger partial charge on any atom is 0.307 e. The van der Waals surface area contributed by atoms with Crippen molar-refractivity contribution in [2.45, 2.75) is 13.0 Å². The topological polar surface area (TPSA) is 98.9 Å². The molecule has 0 aliphatic rings. The number of nitrogens with one attached hydrogen (secondary N) is 1. The van der Waals surface area contributed by atoms with E-state index in [-0.39, 0.29) is 12.1 Å². The lowest BCUT2D eigenvalue weighted by Gasteiger charge is -2.09. The van der Waals surface area contributed by atoms with Crippen LogP contribution in [0.4, 0.5) is 5.95 Å². The number of nitrogens with zero attached hydrogens (tertiary/aromatic N) is 3. The second kappa shape index (κ2) is 6.29. The van der Waals surface area contributed by atoms with Gasteiger partial charge in [0, 0.05) is 12.7 Å². The van der Waals surface area contributed by atoms with E-state index in [0.717, 1.165) is 11.1 Å². The van der Waals surface area contributed by atoms with Gasteiger partial charge in [-0.3, -0.25) is 4.79 Å². The first-order valence-electron chi connectivity index (χ1n) is 5.94. The second-order valence-electron chi connectivity index (χ2n) is 4.07. The number of nitriles is 1. The smallest absolute Gasteiger partial charge is 0.307 e. The third kappa shape index (κ3) is 3.53. The second-order valence-corrected chi connectivity index (χ2v) is 4.07. The van der Waals surface area contributed by atoms with Crippen LogP contribution in [-0.2, 0) is 17.8 Å². The third-order valence-electron chi connectivity index (χ3n) is 2.67. The molecule has 0 saturated heterocycles. The summed E-state index contributed by atoms with van der Waals surface area (Å²) in [7, 11) is 0. The molecule has 0 aliphatic heterocycles. The number of rotatable bonds is 5. The van der Waals surface area contributed by atoms with E-state index in [1.807, 2.05) is 18.2 Å². The standard InChI is InChI=1S/C14H12N4O2/c15-8-12-5-6-16-14(18-12)17-9-11-4-2-1-3-10(11)7-13(19)20/h1-6H,7,9H2,(H,19,20)(H,16,17,18). The number of benzene rings is 1. The van der Waals surface area contributed by atoms with Gasteiger partial charge < -0.3 is 10.4 Å². The van der Waals surface area contributed by atoms with Crippen LogP contribution in [0.1, 0.15) is 16.8 Å². The highest BCUT2D eigenvalue weighted by Gasteiger charge is 2.06. The number of anilines is 1. The summed E-state index contributed by atoms with van der Waals surface area (Å²) < 4.78 is 0. The van der Waals surface area contributed by atoms with Crippen molar-refractivity contribution in [3.63, 3.8) is 0 Å². The van der Waals surface area contributed by atoms with Crippen molar-refractivity contribution in [1.29, 1.82) is 5.26 Å². The van der Waals surface area contributed by atoms with Crippen molar-refractivity contribution >= 4 is 11.9 Å². The highest BCUT2D eigenvalue weighted by Crippen LogP contribution is 2.11. The van der Waals surface area contributed by atoms with Crippen molar-refractivity contribution < 1.29 is 9.90 Å². The predicted octanol–water partition coefficient (Wildman–Crippen LogP) is 1.59. The van der Waals surface area contributed by atoms with Crippen LogP contribution in [0.3, 0.4) is 0 Å². The summed E-state index contributed by atoms with van der Waals surface area (Å²) in [6.07, 6.45) is 1.47. The van der Waals surface area contributed by atoms with E-state index >= 15 is 0 Å². The molecule has 0 fully saturated rings. The normalized spacial score (nSPS) is 9.75. The van der Waals surface area contributed by atoms with Crippen LogP contribution < -0.4 is 5.32 Å². The molecule has 0 aliphatic carbocycles. The van der Waals surface area contributed by atoms with Gasteiger partial charge in [0.1, 0.15) is 11.8 Å². The van der Waals surface area contributed by atoms with Crippen molar-refractivity contribution in [3.8, 4) is 6.07 Å². The predicted molar refractivity (Wildman–Crippen MR) is 71.9 cm³/mol. The monoisotopic (exact) mass is 268 g/mol. The molecule has 6 heteroatoms. The zero-order chi connectivity index (χ0) is 14.4. The Kier molecular flexibility index (Phi) is 4.24. The zero-order valence-corrected chi connectivity index (χ0v) is 10.6. The van der Waals surface area contributed by atoms with Crippen LogP contribution in [0, 0.1) is 11.3 Å². The Labute approximate surface area is 115 Å². The van der Waals surface area contributed by atoms with Crippen LogP contribution >= 0.6 is 0 Å². The van der Waals surface area contributed by atoms with Crippen molar-refractivity contribution in [2.75, 3.05) is 5.32 Å². The van der Waals surface area contributed by atoms with E-state index in [1.165, 1.54) is 12.3 Å². The first-order valence-corrected chi connectivity index (χ1v) is 5.94. The van der Waals surface area contributed by atoms with E-state index < -0.39 is 5.97 Å². The molecule has 2 rings (SSSR count). The minimum absolute atomic E-state index is 0.0308. The fourth-order valence-corrected chi connectivity index (χ4v) is 1.75. The molecule has 1 aromatic heterocycles. The van der Waals surface area contributed by atoms with E-state index in [2.05, 4.69) is 15.3 Å². The molecule has 2 N–H and O–H groups in total. The molecule has 0 amide bonds. The van der Waals surface area contributed by atoms with Crippen LogP contribution in [0.15, 0.2) is 36.5 Å². The molecular weight excluding hydrogens is 256 g/mol. The number of aliphatic carboxylic acids is 1. The number of aromatic nitrogens is 2. The fraction of sp³-hybridized carbons (Fsp3) is 0.143. The van der Waals surface area contributed by atoms with Gasteiger partial charge in [-0.2, -0.15) is 5.26 Å². The van der Waals surface area contributed by atoms with Gasteiger partial charge in [0.15, 0.2) is 0 Å². The van der Waals surface area contributed by atoms with E-state index in [9.17, 15) is 4.79 Å². The summed E-state index contributed by atoms with van der Waals surface area (Å²) in [4.78, 5) is 18.8. The Balaban J connectivity index is 2.10. The Hall–Kier alpha value is -2.94. The van der Waals surface area contributed by atoms with Crippen LogP contribution in [0.2, 0.25) is 0 Å². The highest BCUT2D eigenvalue weighted by molar-refractivity contribution is 5.70. The molecule has 1 aromatic carbocycles. The van der Waals surface area contributed by atoms with Crippen LogP contribution in [0.25, 0.3) is 0 Å². The largest absolute Gasteiger partial charge is 0.481 e. The molecule has 20 heavy (non-hydrogen) atoms. The van der Waals surface area contributed by atoms with Crippen LogP contribution in [-0.4, -0.2) is 21.0 Å². The average Bonchev–Trinajstić information content (AvgIpc) is 2.46. The maximum atomic E-state index is 10.8. The SMILES string of the molecule is N#Cc1ccnc(NCc2ccccc2CC(=O)O)n1. The molecule has 0 spiro atoms. The van der Waals surface area contributed by atoms with Crippen molar-refractivity contribution in [3.05, 3.63) is 53.3 Å². The van der Waals surface area contributed by atoms with Gasteiger partial charge in [-0.15, -0.1) is 0 Å². The number of carboxylic acid groups (broad SMARTS) is 1. The van der Waals surface area contributed by atoms with Gasteiger partial charge in [0.25, 0.3) is 0 Å². The van der Waals surface area contributed by atoms with Crippen LogP contribution in [0.5, 0.6) is 0 Å². The van der Waals surface area contributed by atoms with Gasteiger partial charge >= 0.3 is 5.97 Å². The summed E-state index contributed by atoms with van der Waals surface area (Å²) >= 11 is 0. The number of carbonyl (C=O) groups is 1. The van der Waals surface area contributed by atoms with Gasteiger partial charge in [-0.25, -0.2) is 9.97 Å². The highest BCUT2D eigenvalue weighted by atomic mass is 16.4. The Morgan fingerprint density at radius 1 is 1.30 bits per heavy atom. The Bertz CT molecular complexity index is 664. The first-order chi connectivity index (χ1) is 9.69. The minimum Gasteiger partial charge on any atom is -0.481 e. The Morgan fingerprint density at radius 3 is 2.75 bits per heavy atom. The molecule has 2 aromatic rings. The molecule has 6 nitrogen and oxygen atoms in total. The molecular formula is C14H12N4O2. The van der Waals surface area contributed by atoms with Gasteiger partial charge in [-0.05, 0) is 17.2 Å². The number of hydrogen-bond donors (Lipinski definition) is 2. The summed E-state index contributed by atoms with van der Waals surface area (Å²) in [6, 6.07) is 10.7. The molecule has 0 saturated carbocycles. The summed E-state index contributed by atoms with van der Waals surface area (Å²) in [5.74, 6) is -0.533. The van der Waals surface area contributed by atoms with E-state index in [4.69, 9.17) is 10.4 Å². The van der Waals surface area contributed by atoms with Gasteiger partial charge in [0.2, 0.25) is 5.95 Å². The number of carboxylic acids is 1. The van der Waals surface area contributed by atoms with E-state index in [0.29, 0.717) is 12.5 Å². The quantitative estimate of drug-likeness (QED) is 0.854. The van der Waals surface area contributed by atoms with Gasteiger partial charge in [0.05, 0.1) is 6.42 Å². The zero-order valence-electron chi connectivity index (χ0n) is 10.6. The lowest BCUT2D eigenvalue weighted by molar-refractivity contribution is -0.136. The van der Waals surface area contributed by atoms with Crippen molar-refractivity contribution in [2.24, 2.45) is 0 Å². The molecule has 0 radical (unpaired) electrons. The lowest BCUT2D eigenvalue weighted by atomic mass is 10.0. The fourth-order valence-electron chi connectivity index (χ4n) is 1.75. The number of hydrogen-bond acceptors (Lipinski definition) is 5. The third-order valence-corrected chi connectivity index (χ3v) is 2.67. The van der Waals surface area contributed by atoms with Gasteiger partial charge in [-0.1, -0.05) is 24.3 Å². The maximum absolute atomic E-state index is 10.8. The molecule has 100 valence electrons. The summed E-state index contributed by atoms with van der Waals surface area (Å²) in [6.45, 7) is 0.401. The van der Waals surface area contributed by atoms with Crippen molar-refractivity contribution in [1.82, 2.24) is 9.97 Å². The molecule has 0 atom stereocenters. The molecule has 1 heterocycles. The summed E-state index contributed by atoms with van der Waals surface area (Å²) in [5, 5.41) is 20.6. The summed E-state index contributed by atoms with van der Waals surface area (Å²) in [5.41, 5.74) is 1.88.